The number of hydrogen-bond acceptors (Lipinski definition) is 3. The maximum atomic E-state index is 4.60. The first-order valence-electron chi connectivity index (χ1n) is 1.93. The molecule has 0 bridgehead atoms. The second kappa shape index (κ2) is 6.90. The van der Waals surface area contributed by atoms with Crippen LogP contribution in [-0.4, -0.2) is 28.7 Å². The van der Waals surface area contributed by atoms with Crippen molar-refractivity contribution in [2.24, 2.45) is 0 Å². The lowest BCUT2D eigenvalue weighted by molar-refractivity contribution is 0.163. The lowest BCUT2D eigenvalue weighted by Crippen LogP contribution is -2.21. The van der Waals surface area contributed by atoms with E-state index in [9.17, 15) is 0 Å². The molecule has 0 saturated carbocycles. The summed E-state index contributed by atoms with van der Waals surface area (Å²) in [6.07, 6.45) is 0. The van der Waals surface area contributed by atoms with E-state index in [-0.39, 0.29) is 5.48 Å². The van der Waals surface area contributed by atoms with Gasteiger partial charge in [0.15, 0.2) is 0 Å². The van der Waals surface area contributed by atoms with Crippen molar-refractivity contribution in [3.05, 3.63) is 0 Å². The molecule has 0 fully saturated rings. The smallest absolute Gasteiger partial charge is 0.389 e. The zero-order valence-corrected chi connectivity index (χ0v) is 5.21. The molecule has 8 heavy (non-hydrogen) atoms. The molecular weight excluding hydrogens is 111 g/mol. The summed E-state index contributed by atoms with van der Waals surface area (Å²) < 4.78 is 13.8. The van der Waals surface area contributed by atoms with Crippen LogP contribution in [0.4, 0.5) is 0 Å². The van der Waals surface area contributed by atoms with Gasteiger partial charge in [0.2, 0.25) is 0 Å². The fourth-order valence-electron chi connectivity index (χ4n) is 0.289. The van der Waals surface area contributed by atoms with E-state index in [0.29, 0.717) is 0 Å². The molecule has 2 radical (unpaired) electrons. The summed E-state index contributed by atoms with van der Waals surface area (Å²) in [5.74, 6) is 0. The van der Waals surface area contributed by atoms with Crippen LogP contribution in [-0.2, 0) is 19.4 Å². The Balaban J connectivity index is 0. The Hall–Kier alpha value is -0.0951. The standard InChI is InChI=1S/C3H9BO3.O/c1-5-4(6-2)7-3;/h1-3H3;. The lowest BCUT2D eigenvalue weighted by Gasteiger charge is -2.01. The van der Waals surface area contributed by atoms with Gasteiger partial charge in [0.1, 0.15) is 0 Å². The molecule has 0 atom stereocenters. The van der Waals surface area contributed by atoms with Crippen LogP contribution in [0.25, 0.3) is 0 Å². The molecule has 5 heteroatoms. The Bertz CT molecular complexity index is 32.8. The summed E-state index contributed by atoms with van der Waals surface area (Å²) in [6.45, 7) is 0. The zero-order valence-electron chi connectivity index (χ0n) is 5.21. The van der Waals surface area contributed by atoms with E-state index < -0.39 is 7.32 Å². The quantitative estimate of drug-likeness (QED) is 0.484. The van der Waals surface area contributed by atoms with Gasteiger partial charge in [-0.25, -0.2) is 0 Å². The van der Waals surface area contributed by atoms with Gasteiger partial charge in [-0.15, -0.1) is 0 Å². The van der Waals surface area contributed by atoms with Crippen LogP contribution in [0.3, 0.4) is 0 Å². The van der Waals surface area contributed by atoms with Crippen molar-refractivity contribution in [2.75, 3.05) is 21.3 Å². The summed E-state index contributed by atoms with van der Waals surface area (Å²) in [7, 11) is 4.02. The predicted octanol–water partition coefficient (Wildman–Crippen LogP) is -0.208. The monoisotopic (exact) mass is 120 g/mol. The third-order valence-electron chi connectivity index (χ3n) is 0.577. The molecule has 0 amide bonds. The molecule has 0 heterocycles. The molecule has 0 aromatic heterocycles. The van der Waals surface area contributed by atoms with E-state index in [1.165, 1.54) is 21.3 Å². The van der Waals surface area contributed by atoms with E-state index in [4.69, 9.17) is 0 Å². The maximum Gasteiger partial charge on any atom is 0.638 e. The lowest BCUT2D eigenvalue weighted by atomic mass is 10.2. The van der Waals surface area contributed by atoms with Gasteiger partial charge in [-0.05, 0) is 0 Å². The molecule has 0 aliphatic carbocycles. The van der Waals surface area contributed by atoms with Crippen LogP contribution < -0.4 is 0 Å². The molecule has 0 aromatic rings. The first kappa shape index (κ1) is 10.8. The van der Waals surface area contributed by atoms with Crippen molar-refractivity contribution in [3.63, 3.8) is 0 Å². The Kier molecular flexibility index (Phi) is 9.33. The number of hydrogen-bond donors (Lipinski definition) is 0. The molecule has 0 unspecified atom stereocenters. The minimum absolute atomic E-state index is 0. The van der Waals surface area contributed by atoms with E-state index in [1.807, 2.05) is 0 Å². The van der Waals surface area contributed by atoms with Crippen molar-refractivity contribution < 1.29 is 19.4 Å². The van der Waals surface area contributed by atoms with Crippen LogP contribution in [0.2, 0.25) is 0 Å². The maximum absolute atomic E-state index is 4.60. The minimum Gasteiger partial charge on any atom is -0.389 e. The Morgan fingerprint density at radius 2 is 1.12 bits per heavy atom. The van der Waals surface area contributed by atoms with E-state index >= 15 is 0 Å². The van der Waals surface area contributed by atoms with Crippen LogP contribution >= 0.6 is 0 Å². The first-order chi connectivity index (χ1) is 3.35. The van der Waals surface area contributed by atoms with Gasteiger partial charge in [-0.1, -0.05) is 0 Å². The summed E-state index contributed by atoms with van der Waals surface area (Å²) >= 11 is 0. The highest BCUT2D eigenvalue weighted by atomic mass is 16.7. The minimum atomic E-state index is -0.514. The van der Waals surface area contributed by atoms with Crippen molar-refractivity contribution in [2.45, 2.75) is 0 Å². The molecule has 0 aromatic carbocycles. The highest BCUT2D eigenvalue weighted by Crippen LogP contribution is 1.81. The van der Waals surface area contributed by atoms with Crippen LogP contribution in [0, 0.1) is 0 Å². The van der Waals surface area contributed by atoms with E-state index in [2.05, 4.69) is 14.0 Å². The van der Waals surface area contributed by atoms with Crippen LogP contribution in [0.15, 0.2) is 0 Å². The van der Waals surface area contributed by atoms with Gasteiger partial charge >= 0.3 is 7.32 Å². The van der Waals surface area contributed by atoms with Crippen LogP contribution in [0.5, 0.6) is 0 Å². The highest BCUT2D eigenvalue weighted by molar-refractivity contribution is 6.36. The van der Waals surface area contributed by atoms with Crippen molar-refractivity contribution in [3.8, 4) is 0 Å². The average Bonchev–Trinajstić information content (AvgIpc) is 1.72. The summed E-state index contributed by atoms with van der Waals surface area (Å²) in [5.41, 5.74) is 0. The zero-order chi connectivity index (χ0) is 5.70. The molecule has 0 aliphatic heterocycles. The average molecular weight is 120 g/mol. The third kappa shape index (κ3) is 4.07. The van der Waals surface area contributed by atoms with Crippen molar-refractivity contribution in [1.29, 1.82) is 0 Å². The van der Waals surface area contributed by atoms with E-state index in [0.717, 1.165) is 0 Å². The Morgan fingerprint density at radius 3 is 1.12 bits per heavy atom. The molecule has 4 nitrogen and oxygen atoms in total. The summed E-state index contributed by atoms with van der Waals surface area (Å²) in [4.78, 5) is 0. The van der Waals surface area contributed by atoms with Gasteiger partial charge in [0.25, 0.3) is 0 Å². The second-order valence-corrected chi connectivity index (χ2v) is 0.996. The van der Waals surface area contributed by atoms with Gasteiger partial charge in [0.05, 0.1) is 0 Å². The largest absolute Gasteiger partial charge is 0.638 e. The van der Waals surface area contributed by atoms with Gasteiger partial charge in [-0.2, -0.15) is 0 Å². The fraction of sp³-hybridized carbons (Fsp3) is 1.00. The van der Waals surface area contributed by atoms with E-state index in [1.54, 1.807) is 0 Å². The fourth-order valence-corrected chi connectivity index (χ4v) is 0.289. The van der Waals surface area contributed by atoms with Crippen molar-refractivity contribution >= 4 is 7.32 Å². The molecule has 0 saturated heterocycles. The summed E-state index contributed by atoms with van der Waals surface area (Å²) in [6, 6.07) is 0. The molecule has 0 aliphatic rings. The topological polar surface area (TPSA) is 56.2 Å². The molecule has 48 valence electrons. The van der Waals surface area contributed by atoms with Crippen LogP contribution in [0.1, 0.15) is 0 Å². The van der Waals surface area contributed by atoms with Crippen molar-refractivity contribution in [1.82, 2.24) is 0 Å². The molecule has 0 rings (SSSR count). The molecule has 0 spiro atoms. The third-order valence-corrected chi connectivity index (χ3v) is 0.577. The highest BCUT2D eigenvalue weighted by Gasteiger charge is 2.12. The predicted molar refractivity (Wildman–Crippen MR) is 27.5 cm³/mol. The SMILES string of the molecule is COB(OC)OC.[O]. The first-order valence-corrected chi connectivity index (χ1v) is 1.93. The molecule has 0 N–H and O–H groups in total. The Morgan fingerprint density at radius 1 is 0.875 bits per heavy atom. The second-order valence-electron chi connectivity index (χ2n) is 0.996. The molecular formula is C3H9BO4. The van der Waals surface area contributed by atoms with Gasteiger partial charge < -0.3 is 14.0 Å². The van der Waals surface area contributed by atoms with Gasteiger partial charge in [0, 0.05) is 26.8 Å². The normalized spacial score (nSPS) is 7.88. The van der Waals surface area contributed by atoms with Gasteiger partial charge in [-0.3, -0.25) is 0 Å². The Labute approximate surface area is 49.2 Å². The summed E-state index contributed by atoms with van der Waals surface area (Å²) in [5, 5.41) is 0. The number of rotatable bonds is 3.